The van der Waals surface area contributed by atoms with E-state index in [9.17, 15) is 0 Å². The van der Waals surface area contributed by atoms with Gasteiger partial charge in [-0.05, 0) is 13.5 Å². The van der Waals surface area contributed by atoms with Gasteiger partial charge in [0, 0.05) is 24.4 Å². The second-order valence-electron chi connectivity index (χ2n) is 3.36. The number of rotatable bonds is 1. The molecule has 0 spiro atoms. The highest BCUT2D eigenvalue weighted by Crippen LogP contribution is 2.27. The first-order valence-electron chi connectivity index (χ1n) is 5.50. The summed E-state index contributed by atoms with van der Waals surface area (Å²) in [7, 11) is 3.85. The number of aromatic nitrogens is 1. The maximum absolute atomic E-state index is 5.13. The first-order chi connectivity index (χ1) is 7.29. The number of likely N-dealkylation sites (N-methyl/N-ethyl adjacent to an activating group) is 1. The first kappa shape index (κ1) is 12.5. The van der Waals surface area contributed by atoms with Gasteiger partial charge in [-0.1, -0.05) is 25.2 Å². The number of methoxy groups -OCH3 is 1. The molecule has 0 aromatic carbocycles. The molecule has 0 bridgehead atoms. The molecule has 86 valence electrons. The van der Waals surface area contributed by atoms with Gasteiger partial charge in [-0.2, -0.15) is 0 Å². The van der Waals surface area contributed by atoms with Crippen LogP contribution in [-0.4, -0.2) is 37.1 Å². The Kier molecular flexibility index (Phi) is 5.05. The molecule has 1 aromatic heterocycles. The van der Waals surface area contributed by atoms with Crippen LogP contribution in [0.15, 0.2) is 0 Å². The summed E-state index contributed by atoms with van der Waals surface area (Å²) in [6.45, 7) is 6.25. The van der Waals surface area contributed by atoms with Crippen LogP contribution in [0.4, 0.5) is 0 Å². The fraction of sp³-hybridized carbons (Fsp3) is 0.727. The molecule has 2 heterocycles. The molecule has 3 nitrogen and oxygen atoms in total. The molecule has 0 aliphatic carbocycles. The predicted molar refractivity (Wildman–Crippen MR) is 64.9 cm³/mol. The smallest absolute Gasteiger partial charge is 0.273 e. The fourth-order valence-corrected chi connectivity index (χ4v) is 2.45. The van der Waals surface area contributed by atoms with Gasteiger partial charge in [0.1, 0.15) is 0 Å². The van der Waals surface area contributed by atoms with Crippen LogP contribution >= 0.6 is 11.3 Å². The molecular weight excluding hydrogens is 208 g/mol. The largest absolute Gasteiger partial charge is 0.473 e. The minimum absolute atomic E-state index is 0.814. The lowest BCUT2D eigenvalue weighted by Gasteiger charge is -2.10. The molecule has 0 radical (unpaired) electrons. The molecule has 0 saturated carbocycles. The first-order valence-corrected chi connectivity index (χ1v) is 6.32. The quantitative estimate of drug-likeness (QED) is 0.737. The van der Waals surface area contributed by atoms with Crippen molar-refractivity contribution < 1.29 is 4.74 Å². The van der Waals surface area contributed by atoms with Crippen LogP contribution in [-0.2, 0) is 12.8 Å². The Hall–Kier alpha value is -0.610. The summed E-state index contributed by atoms with van der Waals surface area (Å²) in [6, 6.07) is 0. The lowest BCUT2D eigenvalue weighted by molar-refractivity contribution is 0.351. The number of fused-ring (bicyclic) bond motifs is 1. The number of hydrogen-bond donors (Lipinski definition) is 0. The number of nitrogens with zero attached hydrogens (tertiary/aromatic N) is 2. The van der Waals surface area contributed by atoms with Crippen molar-refractivity contribution in [1.29, 1.82) is 0 Å². The summed E-state index contributed by atoms with van der Waals surface area (Å²) < 4.78 is 5.13. The normalized spacial score (nSPS) is 16.0. The van der Waals surface area contributed by atoms with Crippen LogP contribution < -0.4 is 4.74 Å². The van der Waals surface area contributed by atoms with Crippen molar-refractivity contribution in [2.75, 3.05) is 27.2 Å². The Labute approximate surface area is 96.1 Å². The molecular formula is C11H20N2OS. The van der Waals surface area contributed by atoms with Crippen LogP contribution in [0.5, 0.6) is 5.19 Å². The monoisotopic (exact) mass is 228 g/mol. The Morgan fingerprint density at radius 1 is 1.27 bits per heavy atom. The topological polar surface area (TPSA) is 25.4 Å². The van der Waals surface area contributed by atoms with Gasteiger partial charge in [-0.15, -0.1) is 0 Å². The van der Waals surface area contributed by atoms with Crippen molar-refractivity contribution in [2.45, 2.75) is 26.7 Å². The highest BCUT2D eigenvalue weighted by Gasteiger charge is 2.16. The molecule has 1 aliphatic rings. The molecule has 4 heteroatoms. The van der Waals surface area contributed by atoms with Crippen molar-refractivity contribution in [1.82, 2.24) is 9.88 Å². The predicted octanol–water partition coefficient (Wildman–Crippen LogP) is 2.21. The van der Waals surface area contributed by atoms with E-state index in [-0.39, 0.29) is 0 Å². The van der Waals surface area contributed by atoms with Gasteiger partial charge in [0.2, 0.25) is 0 Å². The average molecular weight is 228 g/mol. The second-order valence-corrected chi connectivity index (χ2v) is 4.40. The zero-order valence-corrected chi connectivity index (χ0v) is 10.9. The lowest BCUT2D eigenvalue weighted by Crippen LogP contribution is -2.20. The van der Waals surface area contributed by atoms with E-state index in [2.05, 4.69) is 16.9 Å². The Morgan fingerprint density at radius 2 is 1.93 bits per heavy atom. The lowest BCUT2D eigenvalue weighted by atomic mass is 10.2. The van der Waals surface area contributed by atoms with Crippen molar-refractivity contribution in [3.8, 4) is 5.19 Å². The highest BCUT2D eigenvalue weighted by molar-refractivity contribution is 7.13. The minimum atomic E-state index is 0.814. The molecule has 1 aromatic rings. The van der Waals surface area contributed by atoms with Crippen molar-refractivity contribution in [2.24, 2.45) is 0 Å². The average Bonchev–Trinajstić information content (AvgIpc) is 2.61. The van der Waals surface area contributed by atoms with Gasteiger partial charge in [0.25, 0.3) is 5.19 Å². The molecule has 0 fully saturated rings. The molecule has 1 aliphatic heterocycles. The number of ether oxygens (including phenoxy) is 1. The van der Waals surface area contributed by atoms with Crippen LogP contribution in [0.2, 0.25) is 0 Å². The summed E-state index contributed by atoms with van der Waals surface area (Å²) in [6.07, 6.45) is 2.18. The minimum Gasteiger partial charge on any atom is -0.473 e. The Balaban J connectivity index is 0.000000531. The SMILES string of the molecule is CC.COc1nc2c(s1)CCN(C)CC2. The highest BCUT2D eigenvalue weighted by atomic mass is 32.1. The molecule has 0 unspecified atom stereocenters. The molecule has 2 rings (SSSR count). The zero-order valence-electron chi connectivity index (χ0n) is 10.0. The third kappa shape index (κ3) is 3.18. The van der Waals surface area contributed by atoms with Crippen molar-refractivity contribution >= 4 is 11.3 Å². The van der Waals surface area contributed by atoms with E-state index in [1.165, 1.54) is 10.6 Å². The van der Waals surface area contributed by atoms with Gasteiger partial charge in [0.05, 0.1) is 12.8 Å². The summed E-state index contributed by atoms with van der Waals surface area (Å²) in [4.78, 5) is 8.19. The zero-order chi connectivity index (χ0) is 11.3. The third-order valence-corrected chi connectivity index (χ3v) is 3.50. The Bertz CT molecular complexity index is 273. The van der Waals surface area contributed by atoms with Crippen LogP contribution in [0.1, 0.15) is 24.4 Å². The van der Waals surface area contributed by atoms with Gasteiger partial charge >= 0.3 is 0 Å². The summed E-state index contributed by atoms with van der Waals surface area (Å²) in [5.74, 6) is 0. The van der Waals surface area contributed by atoms with Crippen molar-refractivity contribution in [3.05, 3.63) is 10.6 Å². The van der Waals surface area contributed by atoms with Gasteiger partial charge in [-0.3, -0.25) is 0 Å². The fourth-order valence-electron chi connectivity index (χ4n) is 1.54. The molecule has 0 saturated heterocycles. The van der Waals surface area contributed by atoms with Crippen LogP contribution in [0.25, 0.3) is 0 Å². The van der Waals surface area contributed by atoms with E-state index < -0.39 is 0 Å². The Morgan fingerprint density at radius 3 is 2.60 bits per heavy atom. The van der Waals surface area contributed by atoms with E-state index in [0.29, 0.717) is 0 Å². The number of hydrogen-bond acceptors (Lipinski definition) is 4. The van der Waals surface area contributed by atoms with E-state index in [1.807, 2.05) is 13.8 Å². The van der Waals surface area contributed by atoms with E-state index in [4.69, 9.17) is 4.74 Å². The number of thiazole rings is 1. The van der Waals surface area contributed by atoms with E-state index in [1.54, 1.807) is 18.4 Å². The van der Waals surface area contributed by atoms with Gasteiger partial charge in [0.15, 0.2) is 0 Å². The standard InChI is InChI=1S/C9H14N2OS.C2H6/c1-11-5-3-7-8(4-6-11)13-9(10-7)12-2;1-2/h3-6H2,1-2H3;1-2H3. The molecule has 15 heavy (non-hydrogen) atoms. The van der Waals surface area contributed by atoms with Crippen LogP contribution in [0.3, 0.4) is 0 Å². The second kappa shape index (κ2) is 6.08. The molecule has 0 N–H and O–H groups in total. The third-order valence-electron chi connectivity index (χ3n) is 2.38. The molecule has 0 atom stereocenters. The maximum atomic E-state index is 5.13. The summed E-state index contributed by atoms with van der Waals surface area (Å²) >= 11 is 1.69. The van der Waals surface area contributed by atoms with Gasteiger partial charge < -0.3 is 9.64 Å². The molecule has 0 amide bonds. The maximum Gasteiger partial charge on any atom is 0.273 e. The van der Waals surface area contributed by atoms with E-state index >= 15 is 0 Å². The summed E-state index contributed by atoms with van der Waals surface area (Å²) in [5, 5.41) is 0.814. The van der Waals surface area contributed by atoms with Crippen molar-refractivity contribution in [3.63, 3.8) is 0 Å². The van der Waals surface area contributed by atoms with Crippen LogP contribution in [0, 0.1) is 0 Å². The summed E-state index contributed by atoms with van der Waals surface area (Å²) in [5.41, 5.74) is 1.24. The van der Waals surface area contributed by atoms with E-state index in [0.717, 1.165) is 31.1 Å². The van der Waals surface area contributed by atoms with Gasteiger partial charge in [-0.25, -0.2) is 4.98 Å².